The van der Waals surface area contributed by atoms with Gasteiger partial charge in [0.2, 0.25) is 11.8 Å². The van der Waals surface area contributed by atoms with E-state index < -0.39 is 6.04 Å². The van der Waals surface area contributed by atoms with Gasteiger partial charge in [0.05, 0.1) is 12.5 Å². The van der Waals surface area contributed by atoms with E-state index in [-0.39, 0.29) is 30.6 Å². The lowest BCUT2D eigenvalue weighted by Gasteiger charge is -2.34. The van der Waals surface area contributed by atoms with E-state index in [1.54, 1.807) is 9.80 Å². The number of hydrogen-bond donors (Lipinski definition) is 1. The van der Waals surface area contributed by atoms with Crippen LogP contribution in [0.4, 0.5) is 0 Å². The second kappa shape index (κ2) is 9.87. The fraction of sp³-hybridized carbons (Fsp3) is 0.529. The molecule has 1 aliphatic heterocycles. The number of benzene rings is 1. The van der Waals surface area contributed by atoms with Crippen molar-refractivity contribution in [3.05, 3.63) is 34.9 Å². The van der Waals surface area contributed by atoms with Crippen LogP contribution in [0.1, 0.15) is 25.8 Å². The third-order valence-corrected chi connectivity index (χ3v) is 4.56. The summed E-state index contributed by atoms with van der Waals surface area (Å²) >= 11 is 6.18. The first-order valence-electron chi connectivity index (χ1n) is 8.10. The molecule has 134 valence electrons. The first-order valence-corrected chi connectivity index (χ1v) is 8.48. The lowest BCUT2D eigenvalue weighted by molar-refractivity contribution is -0.141. The number of hydrogen-bond acceptors (Lipinski definition) is 3. The Bertz CT molecular complexity index is 565. The lowest BCUT2D eigenvalue weighted by Crippen LogP contribution is -2.56. The SMILES string of the molecule is CCN(CC)C(=O)CC1NCCN(Cc2ccccc2Cl)C1=O.Cl. The van der Waals surface area contributed by atoms with Crippen molar-refractivity contribution in [2.24, 2.45) is 0 Å². The Kier molecular flexibility index (Phi) is 8.53. The predicted octanol–water partition coefficient (Wildman–Crippen LogP) is 2.32. The van der Waals surface area contributed by atoms with Gasteiger partial charge in [0, 0.05) is 37.7 Å². The van der Waals surface area contributed by atoms with Gasteiger partial charge in [-0.05, 0) is 25.5 Å². The minimum atomic E-state index is -0.445. The molecule has 7 heteroatoms. The zero-order valence-corrected chi connectivity index (χ0v) is 15.7. The van der Waals surface area contributed by atoms with Gasteiger partial charge < -0.3 is 15.1 Å². The van der Waals surface area contributed by atoms with Gasteiger partial charge in [-0.15, -0.1) is 12.4 Å². The van der Waals surface area contributed by atoms with Gasteiger partial charge in [0.15, 0.2) is 0 Å². The molecule has 1 saturated heterocycles. The van der Waals surface area contributed by atoms with Gasteiger partial charge in [-0.2, -0.15) is 0 Å². The van der Waals surface area contributed by atoms with Crippen LogP contribution >= 0.6 is 24.0 Å². The molecule has 0 saturated carbocycles. The number of piperazine rings is 1. The molecular weight excluding hydrogens is 349 g/mol. The van der Waals surface area contributed by atoms with Gasteiger partial charge in [0.25, 0.3) is 0 Å². The van der Waals surface area contributed by atoms with Gasteiger partial charge in [-0.25, -0.2) is 0 Å². The van der Waals surface area contributed by atoms with Crippen LogP contribution in [-0.2, 0) is 16.1 Å². The third-order valence-electron chi connectivity index (χ3n) is 4.20. The van der Waals surface area contributed by atoms with E-state index in [2.05, 4.69) is 5.32 Å². The zero-order valence-electron chi connectivity index (χ0n) is 14.1. The number of nitrogens with one attached hydrogen (secondary N) is 1. The Balaban J connectivity index is 0.00000288. The first-order chi connectivity index (χ1) is 11.1. The molecule has 24 heavy (non-hydrogen) atoms. The Morgan fingerprint density at radius 2 is 2.00 bits per heavy atom. The molecule has 0 radical (unpaired) electrons. The summed E-state index contributed by atoms with van der Waals surface area (Å²) in [6.07, 6.45) is 0.208. The highest BCUT2D eigenvalue weighted by Gasteiger charge is 2.31. The summed E-state index contributed by atoms with van der Waals surface area (Å²) in [7, 11) is 0. The highest BCUT2D eigenvalue weighted by molar-refractivity contribution is 6.31. The molecule has 0 bridgehead atoms. The number of carbonyl (C=O) groups is 2. The molecule has 1 atom stereocenters. The van der Waals surface area contributed by atoms with Crippen molar-refractivity contribution >= 4 is 35.8 Å². The average molecular weight is 374 g/mol. The maximum atomic E-state index is 12.6. The Morgan fingerprint density at radius 1 is 1.33 bits per heavy atom. The first kappa shape index (κ1) is 20.7. The zero-order chi connectivity index (χ0) is 16.8. The average Bonchev–Trinajstić information content (AvgIpc) is 2.54. The molecule has 1 aromatic carbocycles. The minimum Gasteiger partial charge on any atom is -0.343 e. The van der Waals surface area contributed by atoms with E-state index in [0.717, 1.165) is 5.56 Å². The summed E-state index contributed by atoms with van der Waals surface area (Å²) < 4.78 is 0. The molecule has 1 N–H and O–H groups in total. The normalized spacial score (nSPS) is 17.4. The summed E-state index contributed by atoms with van der Waals surface area (Å²) in [6, 6.07) is 7.09. The molecule has 1 aliphatic rings. The number of amides is 2. The van der Waals surface area contributed by atoms with E-state index in [1.807, 2.05) is 38.1 Å². The number of halogens is 2. The summed E-state index contributed by atoms with van der Waals surface area (Å²) in [5.74, 6) is -0.0166. The summed E-state index contributed by atoms with van der Waals surface area (Å²) in [4.78, 5) is 28.4. The number of rotatable bonds is 6. The molecule has 1 heterocycles. The van der Waals surface area contributed by atoms with E-state index in [9.17, 15) is 9.59 Å². The molecule has 1 aromatic rings. The fourth-order valence-electron chi connectivity index (χ4n) is 2.82. The van der Waals surface area contributed by atoms with Crippen molar-refractivity contribution in [3.8, 4) is 0 Å². The van der Waals surface area contributed by atoms with Crippen LogP contribution in [-0.4, -0.2) is 53.8 Å². The molecule has 0 aromatic heterocycles. The van der Waals surface area contributed by atoms with E-state index >= 15 is 0 Å². The fourth-order valence-corrected chi connectivity index (χ4v) is 3.02. The van der Waals surface area contributed by atoms with Crippen LogP contribution in [0, 0.1) is 0 Å². The maximum absolute atomic E-state index is 12.6. The summed E-state index contributed by atoms with van der Waals surface area (Å²) in [6.45, 7) is 7.02. The standard InChI is InChI=1S/C17H24ClN3O2.ClH/c1-3-20(4-2)16(22)11-15-17(23)21(10-9-19-15)12-13-7-5-6-8-14(13)18;/h5-8,15,19H,3-4,9-12H2,1-2H3;1H. The smallest absolute Gasteiger partial charge is 0.240 e. The summed E-state index contributed by atoms with van der Waals surface area (Å²) in [5.41, 5.74) is 0.929. The highest BCUT2D eigenvalue weighted by atomic mass is 35.5. The van der Waals surface area contributed by atoms with Crippen LogP contribution in [0.15, 0.2) is 24.3 Å². The molecule has 1 fully saturated rings. The largest absolute Gasteiger partial charge is 0.343 e. The molecule has 0 spiro atoms. The lowest BCUT2D eigenvalue weighted by atomic mass is 10.1. The van der Waals surface area contributed by atoms with Crippen LogP contribution in [0.3, 0.4) is 0 Å². The third kappa shape index (κ3) is 5.10. The second-order valence-electron chi connectivity index (χ2n) is 5.63. The van der Waals surface area contributed by atoms with E-state index in [0.29, 0.717) is 37.7 Å². The predicted molar refractivity (Wildman–Crippen MR) is 98.5 cm³/mol. The van der Waals surface area contributed by atoms with Crippen LogP contribution in [0.5, 0.6) is 0 Å². The van der Waals surface area contributed by atoms with Crippen molar-refractivity contribution in [1.82, 2.24) is 15.1 Å². The molecule has 0 aliphatic carbocycles. The van der Waals surface area contributed by atoms with Crippen LogP contribution < -0.4 is 5.32 Å². The minimum absolute atomic E-state index is 0. The monoisotopic (exact) mass is 373 g/mol. The Labute approximate surface area is 154 Å². The van der Waals surface area contributed by atoms with Gasteiger partial charge in [0.1, 0.15) is 0 Å². The molecular formula is C17H25Cl2N3O2. The second-order valence-corrected chi connectivity index (χ2v) is 6.04. The van der Waals surface area contributed by atoms with Gasteiger partial charge in [-0.3, -0.25) is 9.59 Å². The van der Waals surface area contributed by atoms with E-state index in [4.69, 9.17) is 11.6 Å². The summed E-state index contributed by atoms with van der Waals surface area (Å²) in [5, 5.41) is 3.82. The Morgan fingerprint density at radius 3 is 2.62 bits per heavy atom. The van der Waals surface area contributed by atoms with Crippen molar-refractivity contribution in [1.29, 1.82) is 0 Å². The van der Waals surface area contributed by atoms with Crippen molar-refractivity contribution in [2.45, 2.75) is 32.9 Å². The van der Waals surface area contributed by atoms with Crippen LogP contribution in [0.25, 0.3) is 0 Å². The highest BCUT2D eigenvalue weighted by Crippen LogP contribution is 2.18. The maximum Gasteiger partial charge on any atom is 0.240 e. The number of nitrogens with zero attached hydrogens (tertiary/aromatic N) is 2. The molecule has 2 rings (SSSR count). The molecule has 5 nitrogen and oxygen atoms in total. The van der Waals surface area contributed by atoms with Gasteiger partial charge in [-0.1, -0.05) is 29.8 Å². The topological polar surface area (TPSA) is 52.7 Å². The van der Waals surface area contributed by atoms with Crippen LogP contribution in [0.2, 0.25) is 5.02 Å². The number of carbonyl (C=O) groups excluding carboxylic acids is 2. The Hall–Kier alpha value is -1.30. The van der Waals surface area contributed by atoms with Crippen molar-refractivity contribution < 1.29 is 9.59 Å². The van der Waals surface area contributed by atoms with Crippen molar-refractivity contribution in [2.75, 3.05) is 26.2 Å². The molecule has 2 amide bonds. The van der Waals surface area contributed by atoms with Gasteiger partial charge >= 0.3 is 0 Å². The van der Waals surface area contributed by atoms with E-state index in [1.165, 1.54) is 0 Å². The quantitative estimate of drug-likeness (QED) is 0.832. The van der Waals surface area contributed by atoms with Crippen molar-refractivity contribution in [3.63, 3.8) is 0 Å². The molecule has 1 unspecified atom stereocenters.